The van der Waals surface area contributed by atoms with Gasteiger partial charge in [0, 0.05) is 42.2 Å². The summed E-state index contributed by atoms with van der Waals surface area (Å²) in [6, 6.07) is 13.1. The second-order valence-electron chi connectivity index (χ2n) is 6.83. The van der Waals surface area contributed by atoms with Gasteiger partial charge in [-0.05, 0) is 47.2 Å². The molecule has 0 unspecified atom stereocenters. The van der Waals surface area contributed by atoms with Crippen LogP contribution in [0.3, 0.4) is 0 Å². The van der Waals surface area contributed by atoms with Crippen molar-refractivity contribution in [2.24, 2.45) is 0 Å². The van der Waals surface area contributed by atoms with Crippen molar-refractivity contribution in [3.05, 3.63) is 89.0 Å². The van der Waals surface area contributed by atoms with Gasteiger partial charge in [-0.15, -0.1) is 0 Å². The maximum Gasteiger partial charge on any atom is 0.232 e. The molecule has 4 rings (SSSR count). The van der Waals surface area contributed by atoms with Crippen LogP contribution in [0.4, 0.5) is 5.82 Å². The molecule has 4 aromatic rings. The number of nitrogen functional groups attached to an aromatic ring is 1. The molecular weight excluding hydrogens is 400 g/mol. The minimum absolute atomic E-state index is 0.0283. The number of aromatic nitrogens is 3. The number of benzene rings is 1. The van der Waals surface area contributed by atoms with E-state index < -0.39 is 0 Å². The van der Waals surface area contributed by atoms with Gasteiger partial charge in [-0.25, -0.2) is 9.97 Å². The molecular formula is C23H19ClN4O2. The van der Waals surface area contributed by atoms with Gasteiger partial charge in [-0.3, -0.25) is 9.78 Å². The first-order valence-electron chi connectivity index (χ1n) is 9.44. The molecule has 3 aromatic heterocycles. The van der Waals surface area contributed by atoms with Crippen LogP contribution in [0.2, 0.25) is 5.02 Å². The van der Waals surface area contributed by atoms with Crippen LogP contribution in [0.25, 0.3) is 10.8 Å². The minimum Gasteiger partial charge on any atom is -0.472 e. The van der Waals surface area contributed by atoms with Gasteiger partial charge in [0.05, 0.1) is 0 Å². The molecule has 0 aliphatic carbocycles. The quantitative estimate of drug-likeness (QED) is 0.439. The number of hydrogen-bond acceptors (Lipinski definition) is 6. The first-order chi connectivity index (χ1) is 14.6. The second kappa shape index (κ2) is 8.88. The molecule has 0 atom stereocenters. The van der Waals surface area contributed by atoms with Crippen LogP contribution in [0.15, 0.2) is 67.3 Å². The molecule has 0 saturated carbocycles. The Bertz CT molecular complexity index is 1200. The highest BCUT2D eigenvalue weighted by Crippen LogP contribution is 2.25. The molecule has 0 amide bonds. The molecule has 1 aromatic carbocycles. The number of Topliss-reactive ketones (excluding diaryl/α,β-unsaturated/α-hetero) is 1. The molecule has 3 heterocycles. The average molecular weight is 419 g/mol. The average Bonchev–Trinajstić information content (AvgIpc) is 2.77. The van der Waals surface area contributed by atoms with E-state index in [1.54, 1.807) is 24.7 Å². The Hall–Kier alpha value is -3.51. The first kappa shape index (κ1) is 19.8. The number of rotatable bonds is 7. The van der Waals surface area contributed by atoms with E-state index in [0.29, 0.717) is 41.7 Å². The summed E-state index contributed by atoms with van der Waals surface area (Å²) < 4.78 is 5.64. The van der Waals surface area contributed by atoms with Gasteiger partial charge in [0.1, 0.15) is 17.4 Å². The van der Waals surface area contributed by atoms with E-state index in [2.05, 4.69) is 15.0 Å². The number of hydrogen-bond donors (Lipinski definition) is 1. The van der Waals surface area contributed by atoms with Gasteiger partial charge in [0.2, 0.25) is 5.88 Å². The number of nitrogens with two attached hydrogens (primary N) is 1. The lowest BCUT2D eigenvalue weighted by Crippen LogP contribution is -2.04. The van der Waals surface area contributed by atoms with E-state index >= 15 is 0 Å². The van der Waals surface area contributed by atoms with Gasteiger partial charge >= 0.3 is 0 Å². The Morgan fingerprint density at radius 3 is 2.63 bits per heavy atom. The van der Waals surface area contributed by atoms with E-state index in [-0.39, 0.29) is 5.78 Å². The van der Waals surface area contributed by atoms with Crippen LogP contribution in [0.1, 0.15) is 27.9 Å². The van der Waals surface area contributed by atoms with E-state index in [4.69, 9.17) is 22.1 Å². The summed E-state index contributed by atoms with van der Waals surface area (Å²) in [6.07, 6.45) is 7.52. The molecule has 0 spiro atoms. The summed E-state index contributed by atoms with van der Waals surface area (Å²) in [6.45, 7) is 0.324. The Balaban J connectivity index is 1.39. The number of nitrogens with zero attached hydrogens (tertiary/aromatic N) is 3. The molecule has 150 valence electrons. The van der Waals surface area contributed by atoms with Gasteiger partial charge < -0.3 is 10.5 Å². The van der Waals surface area contributed by atoms with Crippen LogP contribution in [0.5, 0.6) is 5.88 Å². The van der Waals surface area contributed by atoms with Crippen LogP contribution in [0, 0.1) is 0 Å². The Kier molecular flexibility index (Phi) is 5.86. The van der Waals surface area contributed by atoms with Crippen molar-refractivity contribution in [1.82, 2.24) is 15.0 Å². The lowest BCUT2D eigenvalue weighted by molar-refractivity contribution is 0.0982. The third kappa shape index (κ3) is 4.55. The number of anilines is 1. The predicted molar refractivity (Wildman–Crippen MR) is 117 cm³/mol. The van der Waals surface area contributed by atoms with Crippen LogP contribution >= 0.6 is 11.6 Å². The van der Waals surface area contributed by atoms with E-state index in [0.717, 1.165) is 21.9 Å². The SMILES string of the molecule is Nc1nccc2cc(CCC(=O)c3cnc(OCc4ccncc4)c(Cl)c3)ccc12. The number of ketones is 1. The zero-order chi connectivity index (χ0) is 20.9. The van der Waals surface area contributed by atoms with E-state index in [1.807, 2.05) is 36.4 Å². The number of carbonyl (C=O) groups excluding carboxylic acids is 1. The van der Waals surface area contributed by atoms with Crippen molar-refractivity contribution in [2.45, 2.75) is 19.4 Å². The molecule has 0 bridgehead atoms. The fourth-order valence-electron chi connectivity index (χ4n) is 3.12. The number of pyridine rings is 3. The number of ether oxygens (including phenoxy) is 1. The van der Waals surface area contributed by atoms with Crippen molar-refractivity contribution in [3.63, 3.8) is 0 Å². The maximum absolute atomic E-state index is 12.6. The fraction of sp³-hybridized carbons (Fsp3) is 0.130. The van der Waals surface area contributed by atoms with Crippen molar-refractivity contribution in [1.29, 1.82) is 0 Å². The monoisotopic (exact) mass is 418 g/mol. The highest BCUT2D eigenvalue weighted by atomic mass is 35.5. The number of carbonyl (C=O) groups is 1. The second-order valence-corrected chi connectivity index (χ2v) is 7.24. The molecule has 0 aliphatic rings. The van der Waals surface area contributed by atoms with Crippen LogP contribution < -0.4 is 10.5 Å². The van der Waals surface area contributed by atoms with E-state index in [1.165, 1.54) is 6.20 Å². The molecule has 0 radical (unpaired) electrons. The summed E-state index contributed by atoms with van der Waals surface area (Å²) in [7, 11) is 0. The maximum atomic E-state index is 12.6. The number of halogens is 1. The van der Waals surface area contributed by atoms with Gasteiger partial charge in [-0.2, -0.15) is 0 Å². The lowest BCUT2D eigenvalue weighted by atomic mass is 10.0. The summed E-state index contributed by atoms with van der Waals surface area (Å²) in [5.74, 6) is 0.771. The standard InChI is InChI=1S/C23H19ClN4O2/c24-20-12-18(13-28-23(20)30-14-16-5-8-26-9-6-16)21(29)4-2-15-1-3-19-17(11-15)7-10-27-22(19)25/h1,3,5-13H,2,4,14H2,(H2,25,27). The smallest absolute Gasteiger partial charge is 0.232 e. The number of fused-ring (bicyclic) bond motifs is 1. The predicted octanol–water partition coefficient (Wildman–Crippen LogP) is 4.65. The zero-order valence-corrected chi connectivity index (χ0v) is 16.8. The molecule has 7 heteroatoms. The third-order valence-electron chi connectivity index (χ3n) is 4.75. The summed E-state index contributed by atoms with van der Waals surface area (Å²) in [4.78, 5) is 24.9. The topological polar surface area (TPSA) is 91.0 Å². The highest BCUT2D eigenvalue weighted by molar-refractivity contribution is 6.32. The molecule has 2 N–H and O–H groups in total. The highest BCUT2D eigenvalue weighted by Gasteiger charge is 2.12. The van der Waals surface area contributed by atoms with Gasteiger partial charge in [-0.1, -0.05) is 29.8 Å². The lowest BCUT2D eigenvalue weighted by Gasteiger charge is -2.09. The number of aryl methyl sites for hydroxylation is 1. The Labute approximate surface area is 178 Å². The molecule has 0 saturated heterocycles. The minimum atomic E-state index is -0.0283. The molecule has 6 nitrogen and oxygen atoms in total. The summed E-state index contributed by atoms with van der Waals surface area (Å²) in [5, 5.41) is 2.22. The van der Waals surface area contributed by atoms with Crippen molar-refractivity contribution < 1.29 is 9.53 Å². The van der Waals surface area contributed by atoms with Gasteiger partial charge in [0.25, 0.3) is 0 Å². The molecule has 30 heavy (non-hydrogen) atoms. The van der Waals surface area contributed by atoms with E-state index in [9.17, 15) is 4.79 Å². The molecule has 0 aliphatic heterocycles. The van der Waals surface area contributed by atoms with Gasteiger partial charge in [0.15, 0.2) is 5.78 Å². The van der Waals surface area contributed by atoms with Crippen molar-refractivity contribution in [2.75, 3.05) is 5.73 Å². The van der Waals surface area contributed by atoms with Crippen molar-refractivity contribution in [3.8, 4) is 5.88 Å². The van der Waals surface area contributed by atoms with Crippen LogP contribution in [-0.2, 0) is 13.0 Å². The van der Waals surface area contributed by atoms with Crippen LogP contribution in [-0.4, -0.2) is 20.7 Å². The molecule has 0 fully saturated rings. The summed E-state index contributed by atoms with van der Waals surface area (Å²) in [5.41, 5.74) is 8.36. The summed E-state index contributed by atoms with van der Waals surface area (Å²) >= 11 is 6.27. The Morgan fingerprint density at radius 1 is 1.00 bits per heavy atom. The zero-order valence-electron chi connectivity index (χ0n) is 16.1. The Morgan fingerprint density at radius 2 is 1.83 bits per heavy atom. The van der Waals surface area contributed by atoms with Crippen molar-refractivity contribution >= 4 is 34.0 Å². The third-order valence-corrected chi connectivity index (χ3v) is 5.03. The first-order valence-corrected chi connectivity index (χ1v) is 9.81. The fourth-order valence-corrected chi connectivity index (χ4v) is 3.34. The largest absolute Gasteiger partial charge is 0.472 e. The normalized spacial score (nSPS) is 10.8.